The second-order valence-electron chi connectivity index (χ2n) is 4.44. The number of carboxylic acids is 2. The Hall–Kier alpha value is -1.88. The lowest BCUT2D eigenvalue weighted by atomic mass is 10.1. The van der Waals surface area contributed by atoms with Gasteiger partial charge in [-0.1, -0.05) is 30.3 Å². The van der Waals surface area contributed by atoms with Gasteiger partial charge in [0, 0.05) is 0 Å². The number of aryl methyl sites for hydroxylation is 1. The van der Waals surface area contributed by atoms with Gasteiger partial charge in [0.25, 0.3) is 0 Å². The molecule has 104 valence electrons. The van der Waals surface area contributed by atoms with Gasteiger partial charge in [-0.15, -0.1) is 0 Å². The Morgan fingerprint density at radius 2 is 1.53 bits per heavy atom. The summed E-state index contributed by atoms with van der Waals surface area (Å²) in [4.78, 5) is 22.7. The van der Waals surface area contributed by atoms with Crippen LogP contribution in [-0.4, -0.2) is 46.7 Å². The van der Waals surface area contributed by atoms with Crippen molar-refractivity contribution < 1.29 is 19.8 Å². The summed E-state index contributed by atoms with van der Waals surface area (Å²) in [5.74, 6) is -1.99. The highest BCUT2D eigenvalue weighted by atomic mass is 16.4. The maximum Gasteiger partial charge on any atom is 0.317 e. The van der Waals surface area contributed by atoms with Crippen LogP contribution in [-0.2, 0) is 16.0 Å². The SMILES string of the molecule is O=C(O)CN(CCCCc1ccccc1)CC(=O)O. The summed E-state index contributed by atoms with van der Waals surface area (Å²) < 4.78 is 0. The number of rotatable bonds is 9. The van der Waals surface area contributed by atoms with Crippen LogP contribution in [0.3, 0.4) is 0 Å². The molecule has 0 aliphatic carbocycles. The number of hydrogen-bond acceptors (Lipinski definition) is 3. The predicted molar refractivity (Wildman–Crippen MR) is 71.1 cm³/mol. The van der Waals surface area contributed by atoms with Crippen molar-refractivity contribution in [1.29, 1.82) is 0 Å². The first-order valence-electron chi connectivity index (χ1n) is 6.28. The molecule has 19 heavy (non-hydrogen) atoms. The van der Waals surface area contributed by atoms with Crippen LogP contribution >= 0.6 is 0 Å². The first kappa shape index (κ1) is 15.2. The maximum atomic E-state index is 10.6. The van der Waals surface area contributed by atoms with E-state index in [1.807, 2.05) is 30.3 Å². The van der Waals surface area contributed by atoms with Crippen molar-refractivity contribution in [1.82, 2.24) is 4.90 Å². The Bertz CT molecular complexity index is 389. The molecule has 5 heteroatoms. The highest BCUT2D eigenvalue weighted by molar-refractivity contribution is 5.72. The molecule has 1 rings (SSSR count). The van der Waals surface area contributed by atoms with Gasteiger partial charge in [0.05, 0.1) is 13.1 Å². The van der Waals surface area contributed by atoms with Crippen LogP contribution < -0.4 is 0 Å². The van der Waals surface area contributed by atoms with E-state index in [0.717, 1.165) is 19.3 Å². The fourth-order valence-corrected chi connectivity index (χ4v) is 1.91. The van der Waals surface area contributed by atoms with Gasteiger partial charge in [-0.25, -0.2) is 0 Å². The summed E-state index contributed by atoms with van der Waals surface area (Å²) in [6.07, 6.45) is 2.63. The molecule has 5 nitrogen and oxygen atoms in total. The zero-order chi connectivity index (χ0) is 14.1. The quantitative estimate of drug-likeness (QED) is 0.661. The average Bonchev–Trinajstić information content (AvgIpc) is 2.34. The lowest BCUT2D eigenvalue weighted by Crippen LogP contribution is -2.35. The molecule has 0 aromatic heterocycles. The number of unbranched alkanes of at least 4 members (excludes halogenated alkanes) is 1. The first-order valence-corrected chi connectivity index (χ1v) is 6.28. The lowest BCUT2D eigenvalue weighted by Gasteiger charge is -2.17. The zero-order valence-electron chi connectivity index (χ0n) is 10.8. The molecule has 1 aromatic carbocycles. The molecular formula is C14H19NO4. The molecule has 2 N–H and O–H groups in total. The minimum atomic E-state index is -0.996. The Labute approximate surface area is 112 Å². The van der Waals surface area contributed by atoms with Crippen LogP contribution in [0.5, 0.6) is 0 Å². The van der Waals surface area contributed by atoms with Gasteiger partial charge in [0.15, 0.2) is 0 Å². The predicted octanol–water partition coefficient (Wildman–Crippen LogP) is 1.48. The topological polar surface area (TPSA) is 77.8 Å². The third kappa shape index (κ3) is 7.21. The van der Waals surface area contributed by atoms with E-state index in [9.17, 15) is 9.59 Å². The summed E-state index contributed by atoms with van der Waals surface area (Å²) in [6.45, 7) is 0.0424. The van der Waals surface area contributed by atoms with Crippen LogP contribution in [0.25, 0.3) is 0 Å². The van der Waals surface area contributed by atoms with Crippen molar-refractivity contribution in [3.8, 4) is 0 Å². The maximum absolute atomic E-state index is 10.6. The van der Waals surface area contributed by atoms with Crippen molar-refractivity contribution >= 4 is 11.9 Å². The number of carboxylic acid groups (broad SMARTS) is 2. The molecule has 0 spiro atoms. The molecule has 0 saturated heterocycles. The van der Waals surface area contributed by atoms with E-state index in [4.69, 9.17) is 10.2 Å². The Morgan fingerprint density at radius 3 is 2.05 bits per heavy atom. The minimum absolute atomic E-state index is 0.225. The van der Waals surface area contributed by atoms with E-state index in [-0.39, 0.29) is 13.1 Å². The van der Waals surface area contributed by atoms with E-state index in [2.05, 4.69) is 0 Å². The normalized spacial score (nSPS) is 10.6. The van der Waals surface area contributed by atoms with E-state index in [1.165, 1.54) is 10.5 Å². The lowest BCUT2D eigenvalue weighted by molar-refractivity contribution is -0.141. The fourth-order valence-electron chi connectivity index (χ4n) is 1.91. The summed E-state index contributed by atoms with van der Waals surface area (Å²) in [7, 11) is 0. The largest absolute Gasteiger partial charge is 0.480 e. The summed E-state index contributed by atoms with van der Waals surface area (Å²) in [6, 6.07) is 10.0. The van der Waals surface area contributed by atoms with Crippen molar-refractivity contribution in [2.24, 2.45) is 0 Å². The molecule has 0 unspecified atom stereocenters. The monoisotopic (exact) mass is 265 g/mol. The Kier molecular flexibility index (Phi) is 6.60. The van der Waals surface area contributed by atoms with Gasteiger partial charge >= 0.3 is 11.9 Å². The molecule has 0 fully saturated rings. The van der Waals surface area contributed by atoms with Crippen LogP contribution in [0.2, 0.25) is 0 Å². The van der Waals surface area contributed by atoms with Gasteiger partial charge in [-0.3, -0.25) is 14.5 Å². The smallest absolute Gasteiger partial charge is 0.317 e. The highest BCUT2D eigenvalue weighted by Gasteiger charge is 2.12. The molecule has 0 aliphatic heterocycles. The number of carbonyl (C=O) groups is 2. The second kappa shape index (κ2) is 8.26. The third-order valence-corrected chi connectivity index (χ3v) is 2.75. The summed E-state index contributed by atoms with van der Waals surface area (Å²) in [5.41, 5.74) is 1.24. The van der Waals surface area contributed by atoms with Crippen molar-refractivity contribution in [3.63, 3.8) is 0 Å². The molecule has 0 aliphatic rings. The van der Waals surface area contributed by atoms with Gasteiger partial charge in [0.1, 0.15) is 0 Å². The average molecular weight is 265 g/mol. The van der Waals surface area contributed by atoms with Gasteiger partial charge in [-0.05, 0) is 31.4 Å². The molecule has 0 saturated carbocycles. The Balaban J connectivity index is 2.27. The molecule has 0 amide bonds. The number of benzene rings is 1. The van der Waals surface area contributed by atoms with E-state index < -0.39 is 11.9 Å². The standard InChI is InChI=1S/C14H19NO4/c16-13(17)10-15(11-14(18)19)9-5-4-8-12-6-2-1-3-7-12/h1-3,6-7H,4-5,8-11H2,(H,16,17)(H,18,19). The van der Waals surface area contributed by atoms with Gasteiger partial charge in [0.2, 0.25) is 0 Å². The zero-order valence-corrected chi connectivity index (χ0v) is 10.8. The fraction of sp³-hybridized carbons (Fsp3) is 0.429. The highest BCUT2D eigenvalue weighted by Crippen LogP contribution is 2.05. The first-order chi connectivity index (χ1) is 9.08. The third-order valence-electron chi connectivity index (χ3n) is 2.75. The summed E-state index contributed by atoms with van der Waals surface area (Å²) >= 11 is 0. The second-order valence-corrected chi connectivity index (χ2v) is 4.44. The van der Waals surface area contributed by atoms with Crippen molar-refractivity contribution in [2.75, 3.05) is 19.6 Å². The molecule has 0 radical (unpaired) electrons. The van der Waals surface area contributed by atoms with E-state index >= 15 is 0 Å². The summed E-state index contributed by atoms with van der Waals surface area (Å²) in [5, 5.41) is 17.4. The molecular weight excluding hydrogens is 246 g/mol. The van der Waals surface area contributed by atoms with Crippen LogP contribution in [0.15, 0.2) is 30.3 Å². The van der Waals surface area contributed by atoms with Gasteiger partial charge in [-0.2, -0.15) is 0 Å². The van der Waals surface area contributed by atoms with Crippen LogP contribution in [0.1, 0.15) is 18.4 Å². The van der Waals surface area contributed by atoms with Crippen molar-refractivity contribution in [2.45, 2.75) is 19.3 Å². The molecule has 0 bridgehead atoms. The number of nitrogens with zero attached hydrogens (tertiary/aromatic N) is 1. The van der Waals surface area contributed by atoms with Crippen LogP contribution in [0.4, 0.5) is 0 Å². The minimum Gasteiger partial charge on any atom is -0.480 e. The number of aliphatic carboxylic acids is 2. The van der Waals surface area contributed by atoms with Gasteiger partial charge < -0.3 is 10.2 Å². The number of hydrogen-bond donors (Lipinski definition) is 2. The molecule has 1 aromatic rings. The molecule has 0 heterocycles. The molecule has 0 atom stereocenters. The Morgan fingerprint density at radius 1 is 0.947 bits per heavy atom. The van der Waals surface area contributed by atoms with Crippen molar-refractivity contribution in [3.05, 3.63) is 35.9 Å². The van der Waals surface area contributed by atoms with E-state index in [0.29, 0.717) is 6.54 Å². The van der Waals surface area contributed by atoms with Crippen LogP contribution in [0, 0.1) is 0 Å². The van der Waals surface area contributed by atoms with E-state index in [1.54, 1.807) is 0 Å².